The molecule has 1 aliphatic rings. The molecule has 0 unspecified atom stereocenters. The summed E-state index contributed by atoms with van der Waals surface area (Å²) in [6.45, 7) is 4.23. The molecule has 1 aromatic carbocycles. The third kappa shape index (κ3) is 3.42. The first-order valence-electron chi connectivity index (χ1n) is 8.43. The van der Waals surface area contributed by atoms with Crippen LogP contribution in [0.5, 0.6) is 0 Å². The van der Waals surface area contributed by atoms with E-state index in [0.29, 0.717) is 13.1 Å². The third-order valence-corrected chi connectivity index (χ3v) is 5.85. The number of urea groups is 1. The van der Waals surface area contributed by atoms with Gasteiger partial charge >= 0.3 is 17.8 Å². The molecule has 7 nitrogen and oxygen atoms in total. The largest absolute Gasteiger partial charge is 0.383 e. The van der Waals surface area contributed by atoms with E-state index in [4.69, 9.17) is 0 Å². The minimum absolute atomic E-state index is 0.0614. The quantitative estimate of drug-likeness (QED) is 0.793. The number of rotatable bonds is 4. The first kappa shape index (κ1) is 18.3. The van der Waals surface area contributed by atoms with Crippen molar-refractivity contribution in [1.82, 2.24) is 15.1 Å². The van der Waals surface area contributed by atoms with E-state index in [9.17, 15) is 19.5 Å². The zero-order chi connectivity index (χ0) is 18.9. The highest BCUT2D eigenvalue weighted by Crippen LogP contribution is 2.32. The van der Waals surface area contributed by atoms with Crippen molar-refractivity contribution < 1.29 is 19.5 Å². The van der Waals surface area contributed by atoms with Gasteiger partial charge in [-0.1, -0.05) is 18.2 Å². The molecule has 0 aliphatic carbocycles. The number of likely N-dealkylation sites (N-methyl/N-ethyl adjacent to an activating group) is 1. The van der Waals surface area contributed by atoms with Gasteiger partial charge in [-0.15, -0.1) is 11.3 Å². The molecule has 0 spiro atoms. The average molecular weight is 375 g/mol. The Labute approximate surface area is 155 Å². The summed E-state index contributed by atoms with van der Waals surface area (Å²) in [6.07, 6.45) is 0. The summed E-state index contributed by atoms with van der Waals surface area (Å²) in [6, 6.07) is 9.00. The van der Waals surface area contributed by atoms with Gasteiger partial charge in [0.15, 0.2) is 0 Å². The highest BCUT2D eigenvalue weighted by Gasteiger charge is 2.36. The van der Waals surface area contributed by atoms with Gasteiger partial charge in [0.2, 0.25) is 0 Å². The molecule has 0 radical (unpaired) electrons. The molecule has 8 heteroatoms. The van der Waals surface area contributed by atoms with Crippen LogP contribution in [0.2, 0.25) is 0 Å². The zero-order valence-corrected chi connectivity index (χ0v) is 15.5. The van der Waals surface area contributed by atoms with Crippen molar-refractivity contribution in [2.75, 3.05) is 26.2 Å². The Morgan fingerprint density at radius 2 is 2.00 bits per heavy atom. The normalized spacial score (nSPS) is 17.5. The van der Waals surface area contributed by atoms with Crippen LogP contribution in [0.25, 0.3) is 10.1 Å². The maximum atomic E-state index is 12.3. The molecule has 4 amide bonds. The van der Waals surface area contributed by atoms with E-state index in [0.717, 1.165) is 19.9 Å². The number of nitrogens with one attached hydrogen (secondary N) is 1. The summed E-state index contributed by atoms with van der Waals surface area (Å²) in [5.74, 6) is -1.51. The Morgan fingerprint density at radius 1 is 1.27 bits per heavy atom. The Morgan fingerprint density at radius 3 is 2.69 bits per heavy atom. The zero-order valence-electron chi connectivity index (χ0n) is 14.7. The number of thiophene rings is 1. The van der Waals surface area contributed by atoms with Gasteiger partial charge in [-0.2, -0.15) is 0 Å². The molecular formula is C18H21N3O4S. The van der Waals surface area contributed by atoms with Crippen LogP contribution < -0.4 is 5.32 Å². The average Bonchev–Trinajstić information content (AvgIpc) is 3.07. The summed E-state index contributed by atoms with van der Waals surface area (Å²) in [7, 11) is 0. The van der Waals surface area contributed by atoms with Gasteiger partial charge in [0.1, 0.15) is 5.60 Å². The fourth-order valence-corrected chi connectivity index (χ4v) is 3.95. The molecule has 0 bridgehead atoms. The number of fused-ring (bicyclic) bond motifs is 1. The van der Waals surface area contributed by atoms with Gasteiger partial charge in [0.25, 0.3) is 0 Å². The highest BCUT2D eigenvalue weighted by molar-refractivity contribution is 7.19. The molecule has 2 N–H and O–H groups in total. The van der Waals surface area contributed by atoms with Crippen LogP contribution in [0, 0.1) is 0 Å². The predicted octanol–water partition coefficient (Wildman–Crippen LogP) is 1.51. The molecule has 2 heterocycles. The van der Waals surface area contributed by atoms with E-state index in [1.807, 2.05) is 30.3 Å². The maximum Gasteiger partial charge on any atom is 0.324 e. The van der Waals surface area contributed by atoms with Crippen LogP contribution in [0.15, 0.2) is 30.3 Å². The van der Waals surface area contributed by atoms with Crippen LogP contribution in [0.1, 0.15) is 18.7 Å². The molecule has 1 aliphatic heterocycles. The Hall–Kier alpha value is -2.45. The number of nitrogens with zero attached hydrogens (tertiary/aromatic N) is 2. The Kier molecular flexibility index (Phi) is 4.97. The lowest BCUT2D eigenvalue weighted by molar-refractivity contribution is -0.153. The molecule has 1 fully saturated rings. The molecule has 1 saturated heterocycles. The number of benzene rings is 1. The molecule has 26 heavy (non-hydrogen) atoms. The van der Waals surface area contributed by atoms with E-state index < -0.39 is 23.4 Å². The van der Waals surface area contributed by atoms with Crippen molar-refractivity contribution in [2.45, 2.75) is 19.4 Å². The molecule has 1 atom stereocenters. The molecule has 3 rings (SSSR count). The van der Waals surface area contributed by atoms with Gasteiger partial charge in [-0.3, -0.25) is 14.5 Å². The SMILES string of the molecule is CCN1CCN(C(=O)NC[C@](C)(O)c2cc3ccccc3s2)C(=O)C1=O. The monoisotopic (exact) mass is 375 g/mol. The number of imide groups is 1. The summed E-state index contributed by atoms with van der Waals surface area (Å²) in [5, 5.41) is 14.3. The maximum absolute atomic E-state index is 12.3. The van der Waals surface area contributed by atoms with Gasteiger partial charge in [-0.05, 0) is 31.4 Å². The molecule has 2 aromatic rings. The van der Waals surface area contributed by atoms with E-state index in [-0.39, 0.29) is 13.1 Å². The molecule has 0 saturated carbocycles. The number of piperazine rings is 1. The van der Waals surface area contributed by atoms with E-state index in [2.05, 4.69) is 5.32 Å². The smallest absolute Gasteiger partial charge is 0.324 e. The van der Waals surface area contributed by atoms with Gasteiger partial charge < -0.3 is 15.3 Å². The van der Waals surface area contributed by atoms with Crippen molar-refractivity contribution in [3.05, 3.63) is 35.2 Å². The van der Waals surface area contributed by atoms with Crippen molar-refractivity contribution >= 4 is 39.3 Å². The first-order chi connectivity index (χ1) is 12.3. The molecular weight excluding hydrogens is 354 g/mol. The summed E-state index contributed by atoms with van der Waals surface area (Å²) in [5.41, 5.74) is -1.28. The lowest BCUT2D eigenvalue weighted by Crippen LogP contribution is -2.58. The van der Waals surface area contributed by atoms with Crippen LogP contribution in [0.4, 0.5) is 4.79 Å². The lowest BCUT2D eigenvalue weighted by atomic mass is 10.0. The second-order valence-electron chi connectivity index (χ2n) is 6.42. The second kappa shape index (κ2) is 7.05. The second-order valence-corrected chi connectivity index (χ2v) is 7.51. The number of carbonyl (C=O) groups excluding carboxylic acids is 3. The van der Waals surface area contributed by atoms with E-state index >= 15 is 0 Å². The summed E-state index contributed by atoms with van der Waals surface area (Å²) < 4.78 is 1.05. The van der Waals surface area contributed by atoms with Crippen LogP contribution in [-0.2, 0) is 15.2 Å². The molecule has 1 aromatic heterocycles. The van der Waals surface area contributed by atoms with E-state index in [1.165, 1.54) is 16.2 Å². The predicted molar refractivity (Wildman–Crippen MR) is 98.8 cm³/mol. The number of carbonyl (C=O) groups is 3. The summed E-state index contributed by atoms with van der Waals surface area (Å²) in [4.78, 5) is 39.3. The third-order valence-electron chi connectivity index (χ3n) is 4.48. The van der Waals surface area contributed by atoms with E-state index in [1.54, 1.807) is 13.8 Å². The van der Waals surface area contributed by atoms with Crippen LogP contribution in [0.3, 0.4) is 0 Å². The topological polar surface area (TPSA) is 89.9 Å². The van der Waals surface area contributed by atoms with Crippen molar-refractivity contribution in [3.8, 4) is 0 Å². The Bertz CT molecular complexity index is 828. The van der Waals surface area contributed by atoms with Crippen LogP contribution >= 0.6 is 11.3 Å². The molecule has 138 valence electrons. The first-order valence-corrected chi connectivity index (χ1v) is 9.25. The fraction of sp³-hybridized carbons (Fsp3) is 0.389. The fourth-order valence-electron chi connectivity index (χ4n) is 2.85. The van der Waals surface area contributed by atoms with Crippen LogP contribution in [-0.4, -0.2) is 58.9 Å². The van der Waals surface area contributed by atoms with Gasteiger partial charge in [0.05, 0.1) is 6.54 Å². The Balaban J connectivity index is 1.66. The summed E-state index contributed by atoms with van der Waals surface area (Å²) >= 11 is 1.45. The standard InChI is InChI=1S/C18H21N3O4S/c1-3-20-8-9-21(16(23)15(20)22)17(24)19-11-18(2,25)14-10-12-6-4-5-7-13(12)26-14/h4-7,10,25H,3,8-9,11H2,1-2H3,(H,19,24)/t18-/m0/s1. The minimum atomic E-state index is -1.28. The van der Waals surface area contributed by atoms with Crippen molar-refractivity contribution in [1.29, 1.82) is 0 Å². The van der Waals surface area contributed by atoms with Gasteiger partial charge in [0, 0.05) is 29.2 Å². The lowest BCUT2D eigenvalue weighted by Gasteiger charge is -2.32. The number of hydrogen-bond donors (Lipinski definition) is 2. The number of amides is 4. The minimum Gasteiger partial charge on any atom is -0.383 e. The highest BCUT2D eigenvalue weighted by atomic mass is 32.1. The number of hydrogen-bond acceptors (Lipinski definition) is 5. The number of aliphatic hydroxyl groups is 1. The van der Waals surface area contributed by atoms with Gasteiger partial charge in [-0.25, -0.2) is 4.79 Å². The van der Waals surface area contributed by atoms with Crippen molar-refractivity contribution in [3.63, 3.8) is 0 Å². The van der Waals surface area contributed by atoms with Crippen molar-refractivity contribution in [2.24, 2.45) is 0 Å².